The topological polar surface area (TPSA) is 65.1 Å². The normalized spacial score (nSPS) is 19.6. The van der Waals surface area contributed by atoms with Gasteiger partial charge in [-0.25, -0.2) is 9.69 Å². The van der Waals surface area contributed by atoms with E-state index in [2.05, 4.69) is 22.2 Å². The number of carbonyl (C=O) groups is 2. The van der Waals surface area contributed by atoms with Crippen LogP contribution in [-0.4, -0.2) is 74.7 Å². The highest BCUT2D eigenvalue weighted by Crippen LogP contribution is 2.21. The number of hydrogen-bond acceptors (Lipinski definition) is 5. The van der Waals surface area contributed by atoms with E-state index in [9.17, 15) is 9.59 Å². The Labute approximate surface area is 142 Å². The fourth-order valence-electron chi connectivity index (χ4n) is 2.92. The van der Waals surface area contributed by atoms with Gasteiger partial charge in [0.05, 0.1) is 18.8 Å². The van der Waals surface area contributed by atoms with Crippen LogP contribution in [0.2, 0.25) is 0 Å². The van der Waals surface area contributed by atoms with Crippen molar-refractivity contribution in [1.29, 1.82) is 0 Å². The zero-order chi connectivity index (χ0) is 16.9. The van der Waals surface area contributed by atoms with Crippen LogP contribution in [0.1, 0.15) is 6.42 Å². The third-order valence-corrected chi connectivity index (χ3v) is 4.42. The predicted molar refractivity (Wildman–Crippen MR) is 91.4 cm³/mol. The summed E-state index contributed by atoms with van der Waals surface area (Å²) in [6.45, 7) is 6.27. The van der Waals surface area contributed by atoms with Gasteiger partial charge in [-0.05, 0) is 37.7 Å². The van der Waals surface area contributed by atoms with Gasteiger partial charge in [-0.15, -0.1) is 0 Å². The van der Waals surface area contributed by atoms with Crippen LogP contribution >= 0.6 is 0 Å². The average molecular weight is 332 g/mol. The quantitative estimate of drug-likeness (QED) is 0.615. The van der Waals surface area contributed by atoms with Gasteiger partial charge in [-0.1, -0.05) is 0 Å². The third-order valence-electron chi connectivity index (χ3n) is 4.42. The number of urea groups is 1. The molecule has 7 nitrogen and oxygen atoms in total. The molecule has 3 amide bonds. The molecule has 1 aromatic carbocycles. The molecule has 7 heteroatoms. The van der Waals surface area contributed by atoms with Gasteiger partial charge in [-0.2, -0.15) is 0 Å². The average Bonchev–Trinajstić information content (AvgIpc) is 2.93. The Bertz CT molecular complexity index is 566. The first-order chi connectivity index (χ1) is 11.6. The van der Waals surface area contributed by atoms with Gasteiger partial charge >= 0.3 is 6.03 Å². The fourth-order valence-corrected chi connectivity index (χ4v) is 2.92. The van der Waals surface area contributed by atoms with Crippen LogP contribution in [0.4, 0.5) is 10.5 Å². The number of piperazine rings is 1. The minimum atomic E-state index is -0.374. The molecule has 130 valence electrons. The van der Waals surface area contributed by atoms with E-state index in [1.54, 1.807) is 24.3 Å². The molecule has 0 aromatic heterocycles. The van der Waals surface area contributed by atoms with Crippen LogP contribution in [-0.2, 0) is 4.79 Å². The van der Waals surface area contributed by atoms with Crippen molar-refractivity contribution in [2.45, 2.75) is 6.42 Å². The molecular weight excluding hydrogens is 308 g/mol. The summed E-state index contributed by atoms with van der Waals surface area (Å²) < 4.78 is 5.75. The van der Waals surface area contributed by atoms with E-state index in [4.69, 9.17) is 4.74 Å². The molecule has 24 heavy (non-hydrogen) atoms. The van der Waals surface area contributed by atoms with Crippen molar-refractivity contribution < 1.29 is 14.3 Å². The Morgan fingerprint density at radius 2 is 1.79 bits per heavy atom. The number of benzene rings is 1. The molecule has 2 fully saturated rings. The maximum absolute atomic E-state index is 11.7. The summed E-state index contributed by atoms with van der Waals surface area (Å²) in [5.74, 6) is 0.519. The summed E-state index contributed by atoms with van der Waals surface area (Å²) in [6.07, 6.45) is 0.985. The number of rotatable bonds is 6. The van der Waals surface area contributed by atoms with Gasteiger partial charge in [0.1, 0.15) is 5.75 Å². The van der Waals surface area contributed by atoms with Gasteiger partial charge in [0.15, 0.2) is 0 Å². The predicted octanol–water partition coefficient (Wildman–Crippen LogP) is 0.759. The SMILES string of the molecule is CN1CCN(CCCOc2ccc(N3C(=O)CNC3=O)cc2)CC1. The molecule has 2 aliphatic heterocycles. The number of hydrogen-bond donors (Lipinski definition) is 1. The smallest absolute Gasteiger partial charge is 0.329 e. The van der Waals surface area contributed by atoms with Crippen LogP contribution in [0.5, 0.6) is 5.75 Å². The summed E-state index contributed by atoms with van der Waals surface area (Å²) in [7, 11) is 2.16. The lowest BCUT2D eigenvalue weighted by Gasteiger charge is -2.32. The number of nitrogens with zero attached hydrogens (tertiary/aromatic N) is 3. The van der Waals surface area contributed by atoms with Crippen molar-refractivity contribution in [3.05, 3.63) is 24.3 Å². The van der Waals surface area contributed by atoms with Crippen molar-refractivity contribution in [2.75, 3.05) is 57.8 Å². The molecule has 0 saturated carbocycles. The molecule has 2 aliphatic rings. The van der Waals surface area contributed by atoms with Crippen molar-refractivity contribution in [3.63, 3.8) is 0 Å². The van der Waals surface area contributed by atoms with E-state index in [0.717, 1.165) is 49.8 Å². The van der Waals surface area contributed by atoms with Crippen molar-refractivity contribution in [2.24, 2.45) is 0 Å². The minimum Gasteiger partial charge on any atom is -0.494 e. The Kier molecular flexibility index (Phi) is 5.32. The van der Waals surface area contributed by atoms with E-state index in [-0.39, 0.29) is 18.5 Å². The number of likely N-dealkylation sites (N-methyl/N-ethyl adjacent to an activating group) is 1. The summed E-state index contributed by atoms with van der Waals surface area (Å²) in [4.78, 5) is 29.2. The summed E-state index contributed by atoms with van der Waals surface area (Å²) in [5.41, 5.74) is 0.569. The summed E-state index contributed by atoms with van der Waals surface area (Å²) >= 11 is 0. The molecule has 0 atom stereocenters. The van der Waals surface area contributed by atoms with Crippen LogP contribution in [0.3, 0.4) is 0 Å². The second kappa shape index (κ2) is 7.63. The highest BCUT2D eigenvalue weighted by atomic mass is 16.5. The molecule has 0 radical (unpaired) electrons. The first-order valence-corrected chi connectivity index (χ1v) is 8.38. The van der Waals surface area contributed by atoms with Crippen LogP contribution in [0, 0.1) is 0 Å². The number of imide groups is 1. The number of ether oxygens (including phenoxy) is 1. The third kappa shape index (κ3) is 4.04. The molecule has 2 saturated heterocycles. The highest BCUT2D eigenvalue weighted by Gasteiger charge is 2.29. The maximum Gasteiger partial charge on any atom is 0.329 e. The van der Waals surface area contributed by atoms with Crippen molar-refractivity contribution in [1.82, 2.24) is 15.1 Å². The number of anilines is 1. The van der Waals surface area contributed by atoms with Crippen molar-refractivity contribution >= 4 is 17.6 Å². The van der Waals surface area contributed by atoms with E-state index in [0.29, 0.717) is 12.3 Å². The highest BCUT2D eigenvalue weighted by molar-refractivity contribution is 6.19. The summed E-state index contributed by atoms with van der Waals surface area (Å²) in [6, 6.07) is 6.69. The lowest BCUT2D eigenvalue weighted by atomic mass is 10.2. The molecule has 2 heterocycles. The van der Waals surface area contributed by atoms with Gasteiger partial charge in [0.25, 0.3) is 5.91 Å². The lowest BCUT2D eigenvalue weighted by Crippen LogP contribution is -2.44. The number of amides is 3. The molecule has 0 aliphatic carbocycles. The Balaban J connectivity index is 1.42. The zero-order valence-electron chi connectivity index (χ0n) is 14.0. The van der Waals surface area contributed by atoms with Gasteiger partial charge in [-0.3, -0.25) is 4.79 Å². The van der Waals surface area contributed by atoms with E-state index in [1.165, 1.54) is 0 Å². The summed E-state index contributed by atoms with van der Waals surface area (Å²) in [5, 5.41) is 2.51. The first kappa shape index (κ1) is 16.7. The van der Waals surface area contributed by atoms with Crippen molar-refractivity contribution in [3.8, 4) is 5.75 Å². The molecule has 1 N–H and O–H groups in total. The van der Waals surface area contributed by atoms with Crippen LogP contribution < -0.4 is 15.0 Å². The molecule has 0 bridgehead atoms. The molecule has 0 spiro atoms. The van der Waals surface area contributed by atoms with Gasteiger partial charge in [0, 0.05) is 32.7 Å². The maximum atomic E-state index is 11.7. The Hall–Kier alpha value is -2.12. The van der Waals surface area contributed by atoms with E-state index >= 15 is 0 Å². The van der Waals surface area contributed by atoms with E-state index in [1.807, 2.05) is 0 Å². The van der Waals surface area contributed by atoms with Gasteiger partial charge < -0.3 is 19.9 Å². The Morgan fingerprint density at radius 3 is 2.42 bits per heavy atom. The first-order valence-electron chi connectivity index (χ1n) is 8.38. The fraction of sp³-hybridized carbons (Fsp3) is 0.529. The van der Waals surface area contributed by atoms with Crippen LogP contribution in [0.15, 0.2) is 24.3 Å². The number of carbonyl (C=O) groups excluding carboxylic acids is 2. The molecule has 3 rings (SSSR count). The molecule has 1 aromatic rings. The van der Waals surface area contributed by atoms with Gasteiger partial charge in [0.2, 0.25) is 0 Å². The standard InChI is InChI=1S/C17H24N4O3/c1-19-8-10-20(11-9-19)7-2-12-24-15-5-3-14(4-6-15)21-16(22)13-18-17(21)23/h3-6H,2,7-13H2,1H3,(H,18,23). The van der Waals surface area contributed by atoms with E-state index < -0.39 is 0 Å². The zero-order valence-corrected chi connectivity index (χ0v) is 14.0. The number of nitrogens with one attached hydrogen (secondary N) is 1. The largest absolute Gasteiger partial charge is 0.494 e. The monoisotopic (exact) mass is 332 g/mol. The minimum absolute atomic E-state index is 0.0589. The Morgan fingerprint density at radius 1 is 1.08 bits per heavy atom. The van der Waals surface area contributed by atoms with Crippen LogP contribution in [0.25, 0.3) is 0 Å². The molecule has 0 unspecified atom stereocenters. The second-order valence-corrected chi connectivity index (χ2v) is 6.23. The lowest BCUT2D eigenvalue weighted by molar-refractivity contribution is -0.115. The second-order valence-electron chi connectivity index (χ2n) is 6.23. The molecular formula is C17H24N4O3.